The van der Waals surface area contributed by atoms with Gasteiger partial charge in [-0.2, -0.15) is 0 Å². The zero-order valence-electron chi connectivity index (χ0n) is 14.9. The molecule has 0 saturated heterocycles. The number of aromatic nitrogens is 3. The minimum Gasteiger partial charge on any atom is -0.395 e. The van der Waals surface area contributed by atoms with Crippen LogP contribution in [0, 0.1) is 5.82 Å². The second-order valence-corrected chi connectivity index (χ2v) is 7.77. The summed E-state index contributed by atoms with van der Waals surface area (Å²) in [5, 5.41) is 9.12. The second-order valence-electron chi connectivity index (χ2n) is 6.09. The van der Waals surface area contributed by atoms with E-state index in [0.717, 1.165) is 0 Å². The van der Waals surface area contributed by atoms with E-state index in [9.17, 15) is 12.8 Å². The topological polar surface area (TPSA) is 131 Å². The molecule has 0 amide bonds. The number of nitrogens with two attached hydrogens (primary N) is 1. The average molecular weight is 403 g/mol. The van der Waals surface area contributed by atoms with Crippen LogP contribution in [0.15, 0.2) is 53.8 Å². The second kappa shape index (κ2) is 7.97. The lowest BCUT2D eigenvalue weighted by molar-refractivity contribution is 0.265. The van der Waals surface area contributed by atoms with Gasteiger partial charge in [-0.3, -0.25) is 4.98 Å². The molecule has 0 unspecified atom stereocenters. The van der Waals surface area contributed by atoms with Gasteiger partial charge >= 0.3 is 0 Å². The predicted octanol–water partition coefficient (Wildman–Crippen LogP) is 1.59. The molecule has 4 N–H and O–H groups in total. The van der Waals surface area contributed by atoms with E-state index in [2.05, 4.69) is 19.7 Å². The highest BCUT2D eigenvalue weighted by Crippen LogP contribution is 2.30. The molecular formula is C18H18FN5O3S. The van der Waals surface area contributed by atoms with Crippen LogP contribution < -0.4 is 10.5 Å². The lowest BCUT2D eigenvalue weighted by Gasteiger charge is -2.15. The SMILES string of the molecule is C[C@@H](CO)NS(=O)(=O)c1ccccc1-c1cnc(-c2cnc(N)nc2)c(F)c1. The third-order valence-electron chi connectivity index (χ3n) is 3.90. The molecule has 0 fully saturated rings. The van der Waals surface area contributed by atoms with Gasteiger partial charge in [-0.1, -0.05) is 18.2 Å². The Hall–Kier alpha value is -2.95. The number of hydrogen-bond donors (Lipinski definition) is 3. The van der Waals surface area contributed by atoms with Gasteiger partial charge in [0.2, 0.25) is 16.0 Å². The summed E-state index contributed by atoms with van der Waals surface area (Å²) in [6.07, 6.45) is 4.08. The van der Waals surface area contributed by atoms with Crippen molar-refractivity contribution in [2.75, 3.05) is 12.3 Å². The molecular weight excluding hydrogens is 385 g/mol. The first-order chi connectivity index (χ1) is 13.3. The number of anilines is 1. The van der Waals surface area contributed by atoms with Gasteiger partial charge in [-0.15, -0.1) is 0 Å². The van der Waals surface area contributed by atoms with Gasteiger partial charge < -0.3 is 10.8 Å². The van der Waals surface area contributed by atoms with E-state index in [4.69, 9.17) is 10.8 Å². The molecule has 1 aromatic carbocycles. The Morgan fingerprint density at radius 2 is 1.79 bits per heavy atom. The lowest BCUT2D eigenvalue weighted by Crippen LogP contribution is -2.35. The van der Waals surface area contributed by atoms with Gasteiger partial charge in [0.05, 0.1) is 11.5 Å². The highest BCUT2D eigenvalue weighted by molar-refractivity contribution is 7.89. The van der Waals surface area contributed by atoms with Gasteiger partial charge in [0, 0.05) is 41.3 Å². The molecule has 0 aliphatic carbocycles. The maximum atomic E-state index is 14.7. The first kappa shape index (κ1) is 19.8. The third kappa shape index (κ3) is 4.14. The number of nitrogens with zero attached hydrogens (tertiary/aromatic N) is 3. The average Bonchev–Trinajstić information content (AvgIpc) is 2.68. The minimum atomic E-state index is -3.92. The van der Waals surface area contributed by atoms with Crippen molar-refractivity contribution in [1.29, 1.82) is 0 Å². The van der Waals surface area contributed by atoms with Crippen LogP contribution in [0.2, 0.25) is 0 Å². The van der Waals surface area contributed by atoms with E-state index < -0.39 is 21.9 Å². The van der Waals surface area contributed by atoms with E-state index in [1.54, 1.807) is 18.2 Å². The molecule has 0 spiro atoms. The number of aliphatic hydroxyl groups is 1. The fraction of sp³-hybridized carbons (Fsp3) is 0.167. The molecule has 10 heteroatoms. The third-order valence-corrected chi connectivity index (χ3v) is 5.55. The molecule has 3 rings (SSSR count). The first-order valence-electron chi connectivity index (χ1n) is 8.28. The van der Waals surface area contributed by atoms with Gasteiger partial charge in [0.25, 0.3) is 0 Å². The van der Waals surface area contributed by atoms with Crippen LogP contribution in [0.1, 0.15) is 6.92 Å². The Labute approximate surface area is 161 Å². The standard InChI is InChI=1S/C18H18FN5O3S/c1-11(10-25)24-28(26,27)16-5-3-2-4-14(16)12-6-15(19)17(21-7-12)13-8-22-18(20)23-9-13/h2-9,11,24-25H,10H2,1H3,(H2,20,22,23)/t11-/m0/s1. The molecule has 2 aromatic heterocycles. The summed E-state index contributed by atoms with van der Waals surface area (Å²) in [5.74, 6) is -0.598. The Bertz CT molecular complexity index is 1090. The molecule has 0 aliphatic heterocycles. The molecule has 28 heavy (non-hydrogen) atoms. The summed E-state index contributed by atoms with van der Waals surface area (Å²) in [6.45, 7) is 1.18. The molecule has 1 atom stereocenters. The maximum absolute atomic E-state index is 14.7. The number of nitrogens with one attached hydrogen (secondary N) is 1. The molecule has 3 aromatic rings. The first-order valence-corrected chi connectivity index (χ1v) is 9.76. The number of halogens is 1. The van der Waals surface area contributed by atoms with Gasteiger partial charge in [0.1, 0.15) is 11.5 Å². The van der Waals surface area contributed by atoms with Crippen molar-refractivity contribution in [2.24, 2.45) is 0 Å². The number of hydrogen-bond acceptors (Lipinski definition) is 7. The van der Waals surface area contributed by atoms with Crippen LogP contribution in [-0.2, 0) is 10.0 Å². The summed E-state index contributed by atoms with van der Waals surface area (Å²) >= 11 is 0. The summed E-state index contributed by atoms with van der Waals surface area (Å²) in [6, 6.07) is 6.69. The summed E-state index contributed by atoms with van der Waals surface area (Å²) in [5.41, 5.74) is 6.37. The van der Waals surface area contributed by atoms with Crippen molar-refractivity contribution in [2.45, 2.75) is 17.9 Å². The molecule has 0 aliphatic rings. The summed E-state index contributed by atoms with van der Waals surface area (Å²) in [4.78, 5) is 11.7. The summed E-state index contributed by atoms with van der Waals surface area (Å²) in [7, 11) is -3.92. The Balaban J connectivity index is 2.03. The van der Waals surface area contributed by atoms with Gasteiger partial charge in [-0.05, 0) is 19.1 Å². The molecule has 0 radical (unpaired) electrons. The molecule has 2 heterocycles. The van der Waals surface area contributed by atoms with E-state index in [0.29, 0.717) is 5.56 Å². The van der Waals surface area contributed by atoms with Crippen molar-refractivity contribution in [3.05, 3.63) is 54.7 Å². The largest absolute Gasteiger partial charge is 0.395 e. The number of pyridine rings is 1. The lowest BCUT2D eigenvalue weighted by atomic mass is 10.1. The predicted molar refractivity (Wildman–Crippen MR) is 102 cm³/mol. The van der Waals surface area contributed by atoms with E-state index in [-0.39, 0.29) is 34.3 Å². The molecule has 146 valence electrons. The van der Waals surface area contributed by atoms with Gasteiger partial charge in [-0.25, -0.2) is 27.5 Å². The van der Waals surface area contributed by atoms with Crippen LogP contribution in [0.3, 0.4) is 0 Å². The molecule has 0 bridgehead atoms. The zero-order chi connectivity index (χ0) is 20.3. The van der Waals surface area contributed by atoms with Crippen molar-refractivity contribution in [3.8, 4) is 22.4 Å². The van der Waals surface area contributed by atoms with Crippen molar-refractivity contribution in [1.82, 2.24) is 19.7 Å². The number of benzene rings is 1. The van der Waals surface area contributed by atoms with Crippen molar-refractivity contribution in [3.63, 3.8) is 0 Å². The Morgan fingerprint density at radius 1 is 1.14 bits per heavy atom. The van der Waals surface area contributed by atoms with E-state index in [1.165, 1.54) is 37.6 Å². The smallest absolute Gasteiger partial charge is 0.241 e. The highest BCUT2D eigenvalue weighted by Gasteiger charge is 2.22. The van der Waals surface area contributed by atoms with E-state index in [1.807, 2.05) is 0 Å². The van der Waals surface area contributed by atoms with Crippen molar-refractivity contribution >= 4 is 16.0 Å². The van der Waals surface area contributed by atoms with E-state index >= 15 is 0 Å². The fourth-order valence-corrected chi connectivity index (χ4v) is 4.03. The normalized spacial score (nSPS) is 12.7. The zero-order valence-corrected chi connectivity index (χ0v) is 15.7. The Morgan fingerprint density at radius 3 is 2.43 bits per heavy atom. The monoisotopic (exact) mass is 403 g/mol. The van der Waals surface area contributed by atoms with Crippen LogP contribution >= 0.6 is 0 Å². The Kier molecular flexibility index (Phi) is 5.63. The number of nitrogen functional groups attached to an aromatic ring is 1. The van der Waals surface area contributed by atoms with Gasteiger partial charge in [0.15, 0.2) is 0 Å². The van der Waals surface area contributed by atoms with Crippen molar-refractivity contribution < 1.29 is 17.9 Å². The number of sulfonamides is 1. The fourth-order valence-electron chi connectivity index (χ4n) is 2.56. The quantitative estimate of drug-likeness (QED) is 0.569. The van der Waals surface area contributed by atoms with Crippen LogP contribution in [-0.4, -0.2) is 41.1 Å². The maximum Gasteiger partial charge on any atom is 0.241 e. The van der Waals surface area contributed by atoms with Crippen LogP contribution in [0.4, 0.5) is 10.3 Å². The molecule has 8 nitrogen and oxygen atoms in total. The minimum absolute atomic E-state index is 0.0242. The number of aliphatic hydroxyl groups excluding tert-OH is 1. The summed E-state index contributed by atoms with van der Waals surface area (Å²) < 4.78 is 42.3. The molecule has 0 saturated carbocycles. The highest BCUT2D eigenvalue weighted by atomic mass is 32.2. The van der Waals surface area contributed by atoms with Crippen LogP contribution in [0.5, 0.6) is 0 Å². The number of rotatable bonds is 6. The van der Waals surface area contributed by atoms with Crippen LogP contribution in [0.25, 0.3) is 22.4 Å².